The van der Waals surface area contributed by atoms with Crippen LogP contribution in [-0.2, 0) is 9.53 Å². The third-order valence-electron chi connectivity index (χ3n) is 3.32. The molecule has 0 radical (unpaired) electrons. The lowest BCUT2D eigenvalue weighted by atomic mass is 10.2. The molecule has 1 aromatic carbocycles. The molecule has 1 saturated heterocycles. The highest BCUT2D eigenvalue weighted by Gasteiger charge is 2.23. The number of carbonyl (C=O) groups excluding carboxylic acids is 1. The van der Waals surface area contributed by atoms with Crippen LogP contribution in [0.2, 0.25) is 0 Å². The van der Waals surface area contributed by atoms with Crippen LogP contribution < -0.4 is 5.32 Å². The Hall–Kier alpha value is -0.910. The van der Waals surface area contributed by atoms with Crippen molar-refractivity contribution in [2.45, 2.75) is 33.0 Å². The average Bonchev–Trinajstić information content (AvgIpc) is 2.32. The lowest BCUT2D eigenvalue weighted by molar-refractivity contribution is -0.121. The average molecular weight is 341 g/mol. The maximum absolute atomic E-state index is 12.1. The molecule has 1 aromatic rings. The molecule has 1 amide bonds. The van der Waals surface area contributed by atoms with Crippen LogP contribution in [0.15, 0.2) is 22.7 Å². The predicted molar refractivity (Wildman–Crippen MR) is 84.0 cm³/mol. The van der Waals surface area contributed by atoms with Gasteiger partial charge in [-0.2, -0.15) is 0 Å². The maximum Gasteiger partial charge on any atom is 0.238 e. The van der Waals surface area contributed by atoms with Crippen molar-refractivity contribution >= 4 is 27.5 Å². The first-order valence-electron chi connectivity index (χ1n) is 6.88. The van der Waals surface area contributed by atoms with Crippen molar-refractivity contribution in [2.75, 3.05) is 25.0 Å². The summed E-state index contributed by atoms with van der Waals surface area (Å²) in [5.74, 6) is 0.0158. The van der Waals surface area contributed by atoms with Crippen LogP contribution in [0, 0.1) is 6.92 Å². The lowest BCUT2D eigenvalue weighted by Gasteiger charge is -2.34. The second kappa shape index (κ2) is 6.70. The molecule has 1 aliphatic heterocycles. The zero-order valence-corrected chi connectivity index (χ0v) is 13.7. The number of anilines is 1. The van der Waals surface area contributed by atoms with Gasteiger partial charge < -0.3 is 10.1 Å². The number of benzene rings is 1. The first-order chi connectivity index (χ1) is 9.44. The molecule has 0 aromatic heterocycles. The Bertz CT molecular complexity index is 483. The summed E-state index contributed by atoms with van der Waals surface area (Å²) in [5.41, 5.74) is 1.97. The van der Waals surface area contributed by atoms with Gasteiger partial charge in [0.1, 0.15) is 0 Å². The molecular formula is C15H21BrN2O2. The van der Waals surface area contributed by atoms with E-state index in [1.165, 1.54) is 0 Å². The highest BCUT2D eigenvalue weighted by Crippen LogP contribution is 2.20. The van der Waals surface area contributed by atoms with Crippen LogP contribution in [0.5, 0.6) is 0 Å². The molecule has 1 N–H and O–H groups in total. The van der Waals surface area contributed by atoms with Crippen LogP contribution in [0.4, 0.5) is 5.69 Å². The molecule has 5 heteroatoms. The molecule has 0 spiro atoms. The first kappa shape index (κ1) is 15.5. The minimum atomic E-state index is 0.0158. The second-order valence-electron chi connectivity index (χ2n) is 5.46. The fourth-order valence-electron chi connectivity index (χ4n) is 2.49. The molecule has 0 bridgehead atoms. The lowest BCUT2D eigenvalue weighted by Crippen LogP contribution is -2.48. The molecular weight excluding hydrogens is 320 g/mol. The van der Waals surface area contributed by atoms with Crippen LogP contribution in [-0.4, -0.2) is 42.6 Å². The summed E-state index contributed by atoms with van der Waals surface area (Å²) in [6.45, 7) is 8.11. The number of aryl methyl sites for hydroxylation is 1. The van der Waals surface area contributed by atoms with Crippen molar-refractivity contribution in [1.82, 2.24) is 4.90 Å². The van der Waals surface area contributed by atoms with E-state index in [4.69, 9.17) is 4.74 Å². The van der Waals surface area contributed by atoms with Gasteiger partial charge >= 0.3 is 0 Å². The zero-order chi connectivity index (χ0) is 14.7. The molecule has 0 unspecified atom stereocenters. The normalized spacial score (nSPS) is 23.6. The van der Waals surface area contributed by atoms with Gasteiger partial charge in [0.15, 0.2) is 0 Å². The summed E-state index contributed by atoms with van der Waals surface area (Å²) < 4.78 is 6.67. The molecule has 20 heavy (non-hydrogen) atoms. The number of hydrogen-bond acceptors (Lipinski definition) is 3. The Balaban J connectivity index is 1.90. The van der Waals surface area contributed by atoms with Gasteiger partial charge in [0.05, 0.1) is 18.8 Å². The van der Waals surface area contributed by atoms with Gasteiger partial charge in [-0.25, -0.2) is 0 Å². The number of halogens is 1. The number of hydrogen-bond donors (Lipinski definition) is 1. The van der Waals surface area contributed by atoms with Crippen molar-refractivity contribution in [3.8, 4) is 0 Å². The summed E-state index contributed by atoms with van der Waals surface area (Å²) >= 11 is 3.47. The van der Waals surface area contributed by atoms with Gasteiger partial charge in [-0.1, -0.05) is 22.0 Å². The number of rotatable bonds is 3. The Morgan fingerprint density at radius 2 is 2.05 bits per heavy atom. The molecule has 1 aliphatic rings. The van der Waals surface area contributed by atoms with Gasteiger partial charge in [-0.15, -0.1) is 0 Å². The number of nitrogens with zero attached hydrogens (tertiary/aromatic N) is 1. The number of nitrogens with one attached hydrogen (secondary N) is 1. The van der Waals surface area contributed by atoms with Crippen molar-refractivity contribution < 1.29 is 9.53 Å². The van der Waals surface area contributed by atoms with Crippen molar-refractivity contribution in [3.05, 3.63) is 28.2 Å². The molecule has 1 fully saturated rings. The van der Waals surface area contributed by atoms with Gasteiger partial charge in [0.25, 0.3) is 0 Å². The van der Waals surface area contributed by atoms with E-state index >= 15 is 0 Å². The van der Waals surface area contributed by atoms with E-state index in [-0.39, 0.29) is 18.1 Å². The van der Waals surface area contributed by atoms with E-state index in [1.54, 1.807) is 0 Å². The monoisotopic (exact) mass is 340 g/mol. The molecule has 0 saturated carbocycles. The highest BCUT2D eigenvalue weighted by atomic mass is 79.9. The Morgan fingerprint density at radius 1 is 1.40 bits per heavy atom. The minimum absolute atomic E-state index is 0.0158. The number of carbonyl (C=O) groups is 1. The highest BCUT2D eigenvalue weighted by molar-refractivity contribution is 9.10. The SMILES string of the molecule is Cc1ccc(NC(=O)CN2C[C@@H](C)O[C@H](C)C2)cc1Br. The summed E-state index contributed by atoms with van der Waals surface area (Å²) in [5, 5.41) is 2.94. The Morgan fingerprint density at radius 3 is 2.65 bits per heavy atom. The van der Waals surface area contributed by atoms with Crippen LogP contribution in [0.25, 0.3) is 0 Å². The second-order valence-corrected chi connectivity index (χ2v) is 6.32. The van der Waals surface area contributed by atoms with Gasteiger partial charge in [0, 0.05) is 23.2 Å². The fraction of sp³-hybridized carbons (Fsp3) is 0.533. The van der Waals surface area contributed by atoms with Crippen LogP contribution in [0.1, 0.15) is 19.4 Å². The zero-order valence-electron chi connectivity index (χ0n) is 12.1. The van der Waals surface area contributed by atoms with Crippen molar-refractivity contribution in [3.63, 3.8) is 0 Å². The predicted octanol–water partition coefficient (Wildman–Crippen LogP) is 2.81. The molecule has 110 valence electrons. The maximum atomic E-state index is 12.1. The molecule has 1 heterocycles. The van der Waals surface area contributed by atoms with E-state index in [9.17, 15) is 4.79 Å². The van der Waals surface area contributed by atoms with Gasteiger partial charge in [-0.05, 0) is 38.5 Å². The van der Waals surface area contributed by atoms with E-state index in [0.717, 1.165) is 28.8 Å². The Labute approximate surface area is 128 Å². The summed E-state index contributed by atoms with van der Waals surface area (Å²) in [6, 6.07) is 5.83. The summed E-state index contributed by atoms with van der Waals surface area (Å²) in [6.07, 6.45) is 0.361. The third kappa shape index (κ3) is 4.30. The van der Waals surface area contributed by atoms with Crippen molar-refractivity contribution in [1.29, 1.82) is 0 Å². The Kier molecular flexibility index (Phi) is 5.18. The van der Waals surface area contributed by atoms with E-state index in [1.807, 2.05) is 39.0 Å². The quantitative estimate of drug-likeness (QED) is 0.919. The fourth-order valence-corrected chi connectivity index (χ4v) is 2.87. The summed E-state index contributed by atoms with van der Waals surface area (Å²) in [4.78, 5) is 14.2. The number of morpholine rings is 1. The topological polar surface area (TPSA) is 41.6 Å². The van der Waals surface area contributed by atoms with E-state index < -0.39 is 0 Å². The minimum Gasteiger partial charge on any atom is -0.373 e. The van der Waals surface area contributed by atoms with Gasteiger partial charge in [-0.3, -0.25) is 9.69 Å². The molecule has 0 aliphatic carbocycles. The number of amides is 1. The third-order valence-corrected chi connectivity index (χ3v) is 4.17. The molecule has 2 atom stereocenters. The van der Waals surface area contributed by atoms with Crippen LogP contribution >= 0.6 is 15.9 Å². The molecule has 4 nitrogen and oxygen atoms in total. The van der Waals surface area contributed by atoms with Gasteiger partial charge in [0.2, 0.25) is 5.91 Å². The smallest absolute Gasteiger partial charge is 0.238 e. The van der Waals surface area contributed by atoms with Crippen molar-refractivity contribution in [2.24, 2.45) is 0 Å². The first-order valence-corrected chi connectivity index (χ1v) is 7.67. The molecule has 2 rings (SSSR count). The standard InChI is InChI=1S/C15H21BrN2O2/c1-10-4-5-13(6-14(10)16)17-15(19)9-18-7-11(2)20-12(3)8-18/h4-6,11-12H,7-9H2,1-3H3,(H,17,19)/t11-,12-/m1/s1. The number of ether oxygens (including phenoxy) is 1. The largest absolute Gasteiger partial charge is 0.373 e. The van der Waals surface area contributed by atoms with E-state index in [2.05, 4.69) is 26.1 Å². The van der Waals surface area contributed by atoms with E-state index in [0.29, 0.717) is 6.54 Å². The van der Waals surface area contributed by atoms with Crippen LogP contribution in [0.3, 0.4) is 0 Å². The summed E-state index contributed by atoms with van der Waals surface area (Å²) in [7, 11) is 0.